The van der Waals surface area contributed by atoms with Crippen molar-refractivity contribution in [2.24, 2.45) is 5.41 Å². The number of hydroxylamine groups is 1. The van der Waals surface area contributed by atoms with Gasteiger partial charge in [0.05, 0.1) is 17.6 Å². The van der Waals surface area contributed by atoms with Gasteiger partial charge in [-0.05, 0) is 62.4 Å². The van der Waals surface area contributed by atoms with Crippen LogP contribution in [0.4, 0.5) is 0 Å². The molecule has 0 aliphatic carbocycles. The molecule has 1 N–H and O–H groups in total. The molecule has 0 aromatic heterocycles. The summed E-state index contributed by atoms with van der Waals surface area (Å²) in [6.45, 7) is 11.4. The van der Waals surface area contributed by atoms with Crippen LogP contribution in [0.2, 0.25) is 0 Å². The second kappa shape index (κ2) is 10.7. The molecule has 182 valence electrons. The second-order valence-corrected chi connectivity index (χ2v) is 12.1. The molecular weight excluding hydrogens is 440 g/mol. The Morgan fingerprint density at radius 2 is 1.55 bits per heavy atom. The van der Waals surface area contributed by atoms with E-state index < -0.39 is 27.6 Å². The first-order chi connectivity index (χ1) is 15.2. The van der Waals surface area contributed by atoms with Gasteiger partial charge in [0.15, 0.2) is 0 Å². The molecule has 0 radical (unpaired) electrons. The van der Waals surface area contributed by atoms with Crippen LogP contribution in [0.25, 0.3) is 0 Å². The van der Waals surface area contributed by atoms with Crippen molar-refractivity contribution in [2.45, 2.75) is 71.0 Å². The smallest absolute Gasteiger partial charge is 0.262 e. The number of carbonyl (C=O) groups excluding carboxylic acids is 1. The molecule has 0 aliphatic rings. The third kappa shape index (κ3) is 8.14. The fraction of sp³-hybridized carbons (Fsp3) is 0.480. The lowest BCUT2D eigenvalue weighted by molar-refractivity contribution is -0.150. The minimum absolute atomic E-state index is 0.0406. The van der Waals surface area contributed by atoms with Crippen LogP contribution in [0.3, 0.4) is 0 Å². The minimum atomic E-state index is -4.03. The number of hydrogen-bond donors (Lipinski definition) is 1. The van der Waals surface area contributed by atoms with E-state index >= 15 is 0 Å². The minimum Gasteiger partial charge on any atom is -0.497 e. The van der Waals surface area contributed by atoms with E-state index in [1.165, 1.54) is 23.5 Å². The van der Waals surface area contributed by atoms with Crippen LogP contribution in [0.15, 0.2) is 59.5 Å². The Morgan fingerprint density at radius 3 is 2.03 bits per heavy atom. The van der Waals surface area contributed by atoms with Gasteiger partial charge in [0, 0.05) is 6.54 Å². The lowest BCUT2D eigenvalue weighted by Gasteiger charge is -2.34. The topological polar surface area (TPSA) is 84.9 Å². The molecule has 2 aromatic carbocycles. The van der Waals surface area contributed by atoms with Crippen molar-refractivity contribution in [1.82, 2.24) is 9.79 Å². The maximum atomic E-state index is 13.8. The summed E-state index contributed by atoms with van der Waals surface area (Å²) in [7, 11) is -2.52. The van der Waals surface area contributed by atoms with E-state index in [9.17, 15) is 13.2 Å². The van der Waals surface area contributed by atoms with Crippen molar-refractivity contribution < 1.29 is 22.8 Å². The summed E-state index contributed by atoms with van der Waals surface area (Å²) in [5.41, 5.74) is 2.32. The Balaban J connectivity index is 2.55. The fourth-order valence-corrected chi connectivity index (χ4v) is 4.76. The molecule has 1 atom stereocenters. The molecule has 33 heavy (non-hydrogen) atoms. The number of benzene rings is 2. The fourth-order valence-electron chi connectivity index (χ4n) is 3.19. The predicted octanol–water partition coefficient (Wildman–Crippen LogP) is 4.54. The molecule has 0 saturated carbocycles. The number of amides is 1. The lowest BCUT2D eigenvalue weighted by Crippen LogP contribution is -2.51. The highest BCUT2D eigenvalue weighted by molar-refractivity contribution is 7.89. The molecule has 0 spiro atoms. The second-order valence-electron chi connectivity index (χ2n) is 10.2. The van der Waals surface area contributed by atoms with Gasteiger partial charge < -0.3 is 4.74 Å². The molecule has 2 aromatic rings. The summed E-state index contributed by atoms with van der Waals surface area (Å²) in [5.74, 6) is 0.0407. The number of ether oxygens (including phenoxy) is 1. The average molecular weight is 477 g/mol. The van der Waals surface area contributed by atoms with E-state index in [1.807, 2.05) is 71.9 Å². The molecule has 0 saturated heterocycles. The molecule has 7 nitrogen and oxygen atoms in total. The van der Waals surface area contributed by atoms with Gasteiger partial charge in [-0.1, -0.05) is 51.1 Å². The number of hydrogen-bond acceptors (Lipinski definition) is 5. The quantitative estimate of drug-likeness (QED) is 0.537. The van der Waals surface area contributed by atoms with Crippen molar-refractivity contribution in [2.75, 3.05) is 7.11 Å². The van der Waals surface area contributed by atoms with E-state index in [0.29, 0.717) is 12.2 Å². The first kappa shape index (κ1) is 26.8. The molecule has 8 heteroatoms. The highest BCUT2D eigenvalue weighted by Gasteiger charge is 2.39. The van der Waals surface area contributed by atoms with Gasteiger partial charge in [-0.15, -0.1) is 0 Å². The number of nitrogens with one attached hydrogen (secondary N) is 1. The first-order valence-electron chi connectivity index (χ1n) is 10.9. The molecule has 1 amide bonds. The number of carbonyl (C=O) groups is 1. The van der Waals surface area contributed by atoms with Gasteiger partial charge in [-0.2, -0.15) is 4.31 Å². The Morgan fingerprint density at radius 1 is 0.970 bits per heavy atom. The molecule has 0 heterocycles. The lowest BCUT2D eigenvalue weighted by atomic mass is 9.87. The molecule has 2 rings (SSSR count). The SMILES string of the molecule is COc1ccc(S(=O)(=O)N(Cc2ccccc2)[C@H](CC(C)(C)C)C(=O)NOC(C)(C)C)cc1. The molecule has 0 aliphatic heterocycles. The summed E-state index contributed by atoms with van der Waals surface area (Å²) in [6.07, 6.45) is 0.300. The van der Waals surface area contributed by atoms with Crippen molar-refractivity contribution >= 4 is 15.9 Å². The zero-order valence-corrected chi connectivity index (χ0v) is 21.4. The molecular formula is C25H36N2O5S. The van der Waals surface area contributed by atoms with Crippen LogP contribution in [-0.2, 0) is 26.2 Å². The van der Waals surface area contributed by atoms with Crippen molar-refractivity contribution in [3.05, 3.63) is 60.2 Å². The first-order valence-corrected chi connectivity index (χ1v) is 12.3. The van der Waals surface area contributed by atoms with Crippen molar-refractivity contribution in [3.8, 4) is 5.75 Å². The van der Waals surface area contributed by atoms with E-state index in [2.05, 4.69) is 5.48 Å². The van der Waals surface area contributed by atoms with Gasteiger partial charge >= 0.3 is 0 Å². The zero-order chi connectivity index (χ0) is 24.9. The highest BCUT2D eigenvalue weighted by Crippen LogP contribution is 2.30. The number of rotatable bonds is 9. The van der Waals surface area contributed by atoms with Crippen molar-refractivity contribution in [1.29, 1.82) is 0 Å². The maximum absolute atomic E-state index is 13.8. The largest absolute Gasteiger partial charge is 0.497 e. The van der Waals surface area contributed by atoms with Gasteiger partial charge in [0.2, 0.25) is 10.0 Å². The molecule has 0 bridgehead atoms. The maximum Gasteiger partial charge on any atom is 0.262 e. The van der Waals surface area contributed by atoms with Crippen LogP contribution in [0.1, 0.15) is 53.5 Å². The number of sulfonamides is 1. The van der Waals surface area contributed by atoms with E-state index in [1.54, 1.807) is 12.1 Å². The Labute approximate surface area is 198 Å². The van der Waals surface area contributed by atoms with E-state index in [-0.39, 0.29) is 16.9 Å². The molecule has 0 fully saturated rings. The molecule has 0 unspecified atom stereocenters. The standard InChI is InChI=1S/C25H36N2O5S/c1-24(2,3)17-22(23(28)26-32-25(4,5)6)27(18-19-11-9-8-10-12-19)33(29,30)21-15-13-20(31-7)14-16-21/h8-16,22H,17-18H2,1-7H3,(H,26,28)/t22-/m1/s1. The highest BCUT2D eigenvalue weighted by atomic mass is 32.2. The van der Waals surface area contributed by atoms with E-state index in [4.69, 9.17) is 9.57 Å². The van der Waals surface area contributed by atoms with Gasteiger partial charge in [0.1, 0.15) is 11.8 Å². The Hall–Kier alpha value is -2.42. The average Bonchev–Trinajstić information content (AvgIpc) is 2.74. The normalized spacial score (nSPS) is 13.6. The van der Waals surface area contributed by atoms with Crippen LogP contribution in [0, 0.1) is 5.41 Å². The Bertz CT molecular complexity index is 1010. The third-order valence-electron chi connectivity index (χ3n) is 4.76. The van der Waals surface area contributed by atoms with Crippen molar-refractivity contribution in [3.63, 3.8) is 0 Å². The van der Waals surface area contributed by atoms with Crippen LogP contribution in [0.5, 0.6) is 5.75 Å². The van der Waals surface area contributed by atoms with Crippen LogP contribution in [-0.4, -0.2) is 37.4 Å². The monoisotopic (exact) mass is 476 g/mol. The Kier molecular flexibility index (Phi) is 8.68. The third-order valence-corrected chi connectivity index (χ3v) is 6.63. The van der Waals surface area contributed by atoms with Gasteiger partial charge in [-0.3, -0.25) is 9.63 Å². The summed E-state index contributed by atoms with van der Waals surface area (Å²) in [5, 5.41) is 0. The summed E-state index contributed by atoms with van der Waals surface area (Å²) in [4.78, 5) is 18.9. The van der Waals surface area contributed by atoms with Crippen LogP contribution < -0.4 is 10.2 Å². The zero-order valence-electron chi connectivity index (χ0n) is 20.6. The summed E-state index contributed by atoms with van der Waals surface area (Å²) < 4.78 is 34.1. The van der Waals surface area contributed by atoms with Gasteiger partial charge in [0.25, 0.3) is 5.91 Å². The summed E-state index contributed by atoms with van der Waals surface area (Å²) >= 11 is 0. The van der Waals surface area contributed by atoms with Gasteiger partial charge in [-0.25, -0.2) is 13.9 Å². The summed E-state index contributed by atoms with van der Waals surface area (Å²) in [6, 6.07) is 14.4. The number of nitrogens with zero attached hydrogens (tertiary/aromatic N) is 1. The predicted molar refractivity (Wildman–Crippen MR) is 129 cm³/mol. The van der Waals surface area contributed by atoms with E-state index in [0.717, 1.165) is 5.56 Å². The van der Waals surface area contributed by atoms with Crippen LogP contribution >= 0.6 is 0 Å². The number of methoxy groups -OCH3 is 1.